The molecule has 0 amide bonds. The van der Waals surface area contributed by atoms with Crippen LogP contribution in [0.1, 0.15) is 19.3 Å². The van der Waals surface area contributed by atoms with Crippen LogP contribution in [0.4, 0.5) is 11.6 Å². The Hall–Kier alpha value is -1.69. The summed E-state index contributed by atoms with van der Waals surface area (Å²) in [5.74, 6) is 3.98. The number of nitrogen functional groups attached to an aromatic ring is 1. The fourth-order valence-electron chi connectivity index (χ4n) is 1.12. The number of nitrogens with one attached hydrogen (secondary N) is 1. The number of terminal acetylenes is 1. The van der Waals surface area contributed by atoms with Crippen LogP contribution >= 0.6 is 0 Å². The van der Waals surface area contributed by atoms with Crippen molar-refractivity contribution in [2.75, 3.05) is 17.6 Å². The SMILES string of the molecule is C#CCCCCNc1cccc(N)n1. The molecule has 3 N–H and O–H groups in total. The van der Waals surface area contributed by atoms with Gasteiger partial charge in [-0.05, 0) is 25.0 Å². The Labute approximate surface area is 84.7 Å². The third-order valence-electron chi connectivity index (χ3n) is 1.82. The first kappa shape index (κ1) is 10.4. The summed E-state index contributed by atoms with van der Waals surface area (Å²) in [7, 11) is 0. The highest BCUT2D eigenvalue weighted by Gasteiger charge is 1.92. The lowest BCUT2D eigenvalue weighted by molar-refractivity contribution is 0.787. The second-order valence-electron chi connectivity index (χ2n) is 3.04. The van der Waals surface area contributed by atoms with Crippen molar-refractivity contribution in [2.24, 2.45) is 0 Å². The lowest BCUT2D eigenvalue weighted by Gasteiger charge is -2.04. The molecule has 0 unspecified atom stereocenters. The summed E-state index contributed by atoms with van der Waals surface area (Å²) < 4.78 is 0. The number of unbranched alkanes of at least 4 members (excludes halogenated alkanes) is 2. The highest BCUT2D eigenvalue weighted by atomic mass is 15.0. The number of pyridine rings is 1. The first-order chi connectivity index (χ1) is 6.83. The van der Waals surface area contributed by atoms with E-state index in [9.17, 15) is 0 Å². The summed E-state index contributed by atoms with van der Waals surface area (Å²) in [6, 6.07) is 5.55. The molecule has 1 aromatic heterocycles. The fraction of sp³-hybridized carbons (Fsp3) is 0.364. The van der Waals surface area contributed by atoms with Crippen LogP contribution in [0.2, 0.25) is 0 Å². The monoisotopic (exact) mass is 189 g/mol. The van der Waals surface area contributed by atoms with Gasteiger partial charge < -0.3 is 11.1 Å². The van der Waals surface area contributed by atoms with E-state index in [1.165, 1.54) is 0 Å². The molecule has 1 rings (SSSR count). The Kier molecular flexibility index (Phi) is 4.36. The van der Waals surface area contributed by atoms with Crippen LogP contribution in [0, 0.1) is 12.3 Å². The van der Waals surface area contributed by atoms with Crippen LogP contribution in [0.25, 0.3) is 0 Å². The molecular weight excluding hydrogens is 174 g/mol. The van der Waals surface area contributed by atoms with Gasteiger partial charge in [-0.25, -0.2) is 4.98 Å². The fourth-order valence-corrected chi connectivity index (χ4v) is 1.12. The number of hydrogen-bond donors (Lipinski definition) is 2. The van der Waals surface area contributed by atoms with Gasteiger partial charge in [0.05, 0.1) is 0 Å². The molecule has 0 aliphatic rings. The van der Waals surface area contributed by atoms with Crippen molar-refractivity contribution in [1.82, 2.24) is 4.98 Å². The largest absolute Gasteiger partial charge is 0.384 e. The van der Waals surface area contributed by atoms with Gasteiger partial charge in [-0.2, -0.15) is 0 Å². The van der Waals surface area contributed by atoms with Crippen molar-refractivity contribution in [3.05, 3.63) is 18.2 Å². The van der Waals surface area contributed by atoms with Crippen molar-refractivity contribution < 1.29 is 0 Å². The second kappa shape index (κ2) is 5.87. The predicted octanol–water partition coefficient (Wildman–Crippen LogP) is 1.88. The Balaban J connectivity index is 2.22. The number of rotatable bonds is 5. The van der Waals surface area contributed by atoms with Crippen LogP contribution in [0.5, 0.6) is 0 Å². The molecular formula is C11H15N3. The van der Waals surface area contributed by atoms with E-state index in [0.717, 1.165) is 31.6 Å². The normalized spacial score (nSPS) is 9.36. The topological polar surface area (TPSA) is 50.9 Å². The first-order valence-electron chi connectivity index (χ1n) is 4.73. The van der Waals surface area contributed by atoms with Crippen molar-refractivity contribution in [1.29, 1.82) is 0 Å². The molecule has 3 nitrogen and oxygen atoms in total. The van der Waals surface area contributed by atoms with Crippen molar-refractivity contribution in [3.8, 4) is 12.3 Å². The molecule has 0 atom stereocenters. The van der Waals surface area contributed by atoms with Gasteiger partial charge in [0.25, 0.3) is 0 Å². The van der Waals surface area contributed by atoms with Gasteiger partial charge in [-0.3, -0.25) is 0 Å². The van der Waals surface area contributed by atoms with Crippen LogP contribution in [-0.4, -0.2) is 11.5 Å². The maximum Gasteiger partial charge on any atom is 0.128 e. The summed E-state index contributed by atoms with van der Waals surface area (Å²) in [4.78, 5) is 4.12. The zero-order valence-corrected chi connectivity index (χ0v) is 8.16. The van der Waals surface area contributed by atoms with E-state index in [2.05, 4.69) is 16.2 Å². The zero-order valence-electron chi connectivity index (χ0n) is 8.16. The average molecular weight is 189 g/mol. The van der Waals surface area contributed by atoms with E-state index in [1.54, 1.807) is 6.07 Å². The Morgan fingerprint density at radius 3 is 3.00 bits per heavy atom. The van der Waals surface area contributed by atoms with Gasteiger partial charge in [0, 0.05) is 13.0 Å². The maximum atomic E-state index is 5.53. The van der Waals surface area contributed by atoms with Gasteiger partial charge >= 0.3 is 0 Å². The minimum Gasteiger partial charge on any atom is -0.384 e. The molecule has 0 spiro atoms. The van der Waals surface area contributed by atoms with E-state index in [1.807, 2.05) is 12.1 Å². The van der Waals surface area contributed by atoms with Crippen LogP contribution in [0.3, 0.4) is 0 Å². The molecule has 0 saturated carbocycles. The van der Waals surface area contributed by atoms with Crippen molar-refractivity contribution in [3.63, 3.8) is 0 Å². The molecule has 3 heteroatoms. The molecule has 0 aliphatic carbocycles. The third-order valence-corrected chi connectivity index (χ3v) is 1.82. The van der Waals surface area contributed by atoms with E-state index >= 15 is 0 Å². The Morgan fingerprint density at radius 2 is 2.29 bits per heavy atom. The average Bonchev–Trinajstić information content (AvgIpc) is 2.18. The summed E-state index contributed by atoms with van der Waals surface area (Å²) in [6.07, 6.45) is 8.09. The number of aromatic nitrogens is 1. The Bertz CT molecular complexity index is 315. The van der Waals surface area contributed by atoms with Crippen molar-refractivity contribution in [2.45, 2.75) is 19.3 Å². The van der Waals surface area contributed by atoms with Crippen LogP contribution < -0.4 is 11.1 Å². The summed E-state index contributed by atoms with van der Waals surface area (Å²) >= 11 is 0. The Morgan fingerprint density at radius 1 is 1.43 bits per heavy atom. The number of nitrogens with zero attached hydrogens (tertiary/aromatic N) is 1. The first-order valence-corrected chi connectivity index (χ1v) is 4.73. The summed E-state index contributed by atoms with van der Waals surface area (Å²) in [6.45, 7) is 0.887. The van der Waals surface area contributed by atoms with E-state index in [4.69, 9.17) is 12.2 Å². The highest BCUT2D eigenvalue weighted by Crippen LogP contribution is 2.05. The lowest BCUT2D eigenvalue weighted by Crippen LogP contribution is -2.04. The van der Waals surface area contributed by atoms with Gasteiger partial charge in [0.2, 0.25) is 0 Å². The van der Waals surface area contributed by atoms with E-state index in [-0.39, 0.29) is 0 Å². The maximum absolute atomic E-state index is 5.53. The van der Waals surface area contributed by atoms with E-state index in [0.29, 0.717) is 5.82 Å². The van der Waals surface area contributed by atoms with Gasteiger partial charge in [-0.15, -0.1) is 12.3 Å². The zero-order chi connectivity index (χ0) is 10.2. The molecule has 0 aliphatic heterocycles. The smallest absolute Gasteiger partial charge is 0.128 e. The second-order valence-corrected chi connectivity index (χ2v) is 3.04. The van der Waals surface area contributed by atoms with Gasteiger partial charge in [-0.1, -0.05) is 6.07 Å². The van der Waals surface area contributed by atoms with Crippen LogP contribution in [0.15, 0.2) is 18.2 Å². The van der Waals surface area contributed by atoms with Crippen molar-refractivity contribution >= 4 is 11.6 Å². The molecule has 0 fully saturated rings. The molecule has 0 radical (unpaired) electrons. The van der Waals surface area contributed by atoms with Gasteiger partial charge in [0.15, 0.2) is 0 Å². The molecule has 0 saturated heterocycles. The minimum atomic E-state index is 0.540. The number of anilines is 2. The molecule has 1 heterocycles. The number of nitrogens with two attached hydrogens (primary N) is 1. The van der Waals surface area contributed by atoms with Gasteiger partial charge in [0.1, 0.15) is 11.6 Å². The molecule has 0 aromatic carbocycles. The minimum absolute atomic E-state index is 0.540. The standard InChI is InChI=1S/C11H15N3/c1-2-3-4-5-9-13-11-8-6-7-10(12)14-11/h1,6-8H,3-5,9H2,(H3,12,13,14). The van der Waals surface area contributed by atoms with E-state index < -0.39 is 0 Å². The molecule has 0 bridgehead atoms. The lowest BCUT2D eigenvalue weighted by atomic mass is 10.2. The summed E-state index contributed by atoms with van der Waals surface area (Å²) in [5, 5.41) is 3.18. The molecule has 74 valence electrons. The molecule has 14 heavy (non-hydrogen) atoms. The predicted molar refractivity (Wildman–Crippen MR) is 59.8 cm³/mol. The molecule has 1 aromatic rings. The highest BCUT2D eigenvalue weighted by molar-refractivity contribution is 5.41. The quantitative estimate of drug-likeness (QED) is 0.549. The summed E-state index contributed by atoms with van der Waals surface area (Å²) in [5.41, 5.74) is 5.53. The number of hydrogen-bond acceptors (Lipinski definition) is 3. The third kappa shape index (κ3) is 3.81. The van der Waals surface area contributed by atoms with Crippen LogP contribution in [-0.2, 0) is 0 Å².